The summed E-state index contributed by atoms with van der Waals surface area (Å²) in [4.78, 5) is 0. The van der Waals surface area contributed by atoms with Crippen LogP contribution in [0.25, 0.3) is 0 Å². The van der Waals surface area contributed by atoms with Gasteiger partial charge in [0.1, 0.15) is 0 Å². The normalized spacial score (nSPS) is 15.8. The average Bonchev–Trinajstić information content (AvgIpc) is 2.50. The van der Waals surface area contributed by atoms with Crippen LogP contribution in [-0.4, -0.2) is 0 Å². The van der Waals surface area contributed by atoms with Crippen LogP contribution in [0.4, 0.5) is 0 Å². The molecular weight excluding hydrogens is 172 g/mol. The number of rotatable bonds is 4. The first-order valence-electron chi connectivity index (χ1n) is 3.69. The summed E-state index contributed by atoms with van der Waals surface area (Å²) < 4.78 is 1.60. The monoisotopic (exact) mass is 184 g/mol. The predicted octanol–water partition coefficient (Wildman–Crippen LogP) is 3.07. The predicted molar refractivity (Wildman–Crippen MR) is 46.0 cm³/mol. The summed E-state index contributed by atoms with van der Waals surface area (Å²) in [6.45, 7) is 3.62. The summed E-state index contributed by atoms with van der Waals surface area (Å²) in [6.07, 6.45) is 13.8. The van der Waals surface area contributed by atoms with Gasteiger partial charge in [0.25, 0.3) is 0 Å². The minimum atomic E-state index is 0.670. The van der Waals surface area contributed by atoms with Gasteiger partial charge in [0, 0.05) is 0 Å². The molecule has 0 fully saturated rings. The second-order valence-electron chi connectivity index (χ2n) is 2.24. The Hall–Kier alpha value is -0.508. The van der Waals surface area contributed by atoms with E-state index >= 15 is 0 Å². The first-order valence-corrected chi connectivity index (χ1v) is 5.23. The van der Waals surface area contributed by atoms with Gasteiger partial charge >= 0.3 is 74.4 Å². The molecule has 0 amide bonds. The van der Waals surface area contributed by atoms with Crippen molar-refractivity contribution in [3.63, 3.8) is 0 Å². The van der Waals surface area contributed by atoms with E-state index in [1.54, 1.807) is 4.44 Å². The molecule has 0 atom stereocenters. The molecule has 11 heavy (non-hydrogen) atoms. The van der Waals surface area contributed by atoms with E-state index < -0.39 is 0 Å². The van der Waals surface area contributed by atoms with Crippen LogP contribution in [0.3, 0.4) is 0 Å². The summed E-state index contributed by atoms with van der Waals surface area (Å²) in [5.74, 6) is 0. The van der Waals surface area contributed by atoms with E-state index in [2.05, 4.69) is 30.9 Å². The number of hydrogen-bond donors (Lipinski definition) is 0. The fourth-order valence-electron chi connectivity index (χ4n) is 0.842. The van der Waals surface area contributed by atoms with Gasteiger partial charge in [-0.05, 0) is 0 Å². The van der Waals surface area contributed by atoms with Crippen molar-refractivity contribution in [2.45, 2.75) is 11.7 Å². The standard InChI is InChI=1S/C5H5.C5H7.Cr/c1-2-4-5-3-1;1-3-5-4-2;/h1-3H,4H2;3-5H,1-2H2;. The van der Waals surface area contributed by atoms with Crippen LogP contribution in [0, 0.1) is 0 Å². The topological polar surface area (TPSA) is 0 Å². The summed E-state index contributed by atoms with van der Waals surface area (Å²) >= 11 is 0.670. The van der Waals surface area contributed by atoms with E-state index in [9.17, 15) is 0 Å². The fourth-order valence-corrected chi connectivity index (χ4v) is 2.11. The zero-order valence-electron chi connectivity index (χ0n) is 6.49. The number of hydrogen-bond acceptors (Lipinski definition) is 0. The molecule has 0 unspecified atom stereocenters. The zero-order valence-corrected chi connectivity index (χ0v) is 7.77. The Kier molecular flexibility index (Phi) is 4.05. The molecule has 0 bridgehead atoms. The first-order chi connectivity index (χ1) is 5.43. The SMILES string of the molecule is C=CC=C[CH2][Cr][C]1=CC=CC1. The average molecular weight is 184 g/mol. The molecule has 0 nitrogen and oxygen atoms in total. The summed E-state index contributed by atoms with van der Waals surface area (Å²) in [6, 6.07) is 0. The van der Waals surface area contributed by atoms with E-state index in [-0.39, 0.29) is 0 Å². The van der Waals surface area contributed by atoms with Gasteiger partial charge in [-0.3, -0.25) is 0 Å². The van der Waals surface area contributed by atoms with Gasteiger partial charge in [0.15, 0.2) is 0 Å². The molecular formula is C10H12Cr. The van der Waals surface area contributed by atoms with Crippen molar-refractivity contribution in [3.8, 4) is 0 Å². The van der Waals surface area contributed by atoms with Crippen molar-refractivity contribution in [3.05, 3.63) is 47.5 Å². The van der Waals surface area contributed by atoms with Crippen LogP contribution in [0.15, 0.2) is 47.5 Å². The Morgan fingerprint density at radius 1 is 1.64 bits per heavy atom. The summed E-state index contributed by atoms with van der Waals surface area (Å²) in [7, 11) is 0. The van der Waals surface area contributed by atoms with Gasteiger partial charge in [-0.15, -0.1) is 0 Å². The molecule has 0 aromatic rings. The Labute approximate surface area is 74.7 Å². The molecule has 1 rings (SSSR count). The van der Waals surface area contributed by atoms with Crippen molar-refractivity contribution in [2.24, 2.45) is 0 Å². The number of allylic oxidation sites excluding steroid dienone is 7. The molecule has 58 valence electrons. The van der Waals surface area contributed by atoms with Crippen LogP contribution >= 0.6 is 0 Å². The van der Waals surface area contributed by atoms with E-state index in [0.717, 1.165) is 0 Å². The first kappa shape index (κ1) is 8.59. The van der Waals surface area contributed by atoms with Crippen molar-refractivity contribution >= 4 is 0 Å². The van der Waals surface area contributed by atoms with Crippen molar-refractivity contribution in [1.82, 2.24) is 0 Å². The van der Waals surface area contributed by atoms with Crippen molar-refractivity contribution < 1.29 is 15.2 Å². The Balaban J connectivity index is 2.13. The molecule has 0 heterocycles. The zero-order chi connectivity index (χ0) is 7.94. The molecule has 0 aromatic heterocycles. The molecule has 0 aliphatic heterocycles. The molecule has 0 radical (unpaired) electrons. The summed E-state index contributed by atoms with van der Waals surface area (Å²) in [5, 5.41) is 1.20. The maximum atomic E-state index is 3.62. The Morgan fingerprint density at radius 3 is 3.18 bits per heavy atom. The molecule has 0 N–H and O–H groups in total. The van der Waals surface area contributed by atoms with Crippen LogP contribution in [0.2, 0.25) is 5.28 Å². The van der Waals surface area contributed by atoms with Crippen LogP contribution in [0.5, 0.6) is 0 Å². The second kappa shape index (κ2) is 5.18. The molecule has 1 aliphatic rings. The third kappa shape index (κ3) is 3.41. The van der Waals surface area contributed by atoms with Gasteiger partial charge in [-0.25, -0.2) is 0 Å². The van der Waals surface area contributed by atoms with Crippen molar-refractivity contribution in [2.75, 3.05) is 0 Å². The second-order valence-corrected chi connectivity index (χ2v) is 4.03. The third-order valence-corrected chi connectivity index (χ3v) is 2.99. The van der Waals surface area contributed by atoms with E-state index in [4.69, 9.17) is 0 Å². The Bertz CT molecular complexity index is 209. The molecule has 1 aliphatic carbocycles. The minimum absolute atomic E-state index is 0.670. The quantitative estimate of drug-likeness (QED) is 0.589. The van der Waals surface area contributed by atoms with Crippen molar-refractivity contribution in [1.29, 1.82) is 0 Å². The molecule has 1 heteroatoms. The fraction of sp³-hybridized carbons (Fsp3) is 0.200. The van der Waals surface area contributed by atoms with Gasteiger partial charge in [0.2, 0.25) is 0 Å². The Morgan fingerprint density at radius 2 is 2.55 bits per heavy atom. The van der Waals surface area contributed by atoms with Crippen LogP contribution in [0.1, 0.15) is 6.42 Å². The molecule has 0 saturated carbocycles. The van der Waals surface area contributed by atoms with Gasteiger partial charge in [-0.2, -0.15) is 0 Å². The third-order valence-electron chi connectivity index (χ3n) is 1.37. The summed E-state index contributed by atoms with van der Waals surface area (Å²) in [5.41, 5.74) is 0. The molecule has 0 saturated heterocycles. The van der Waals surface area contributed by atoms with Gasteiger partial charge < -0.3 is 0 Å². The van der Waals surface area contributed by atoms with Gasteiger partial charge in [-0.1, -0.05) is 0 Å². The molecule has 0 spiro atoms. The van der Waals surface area contributed by atoms with Gasteiger partial charge in [0.05, 0.1) is 0 Å². The van der Waals surface area contributed by atoms with Crippen LogP contribution in [-0.2, 0) is 15.2 Å². The van der Waals surface area contributed by atoms with E-state index in [1.807, 2.05) is 12.2 Å². The van der Waals surface area contributed by atoms with E-state index in [0.29, 0.717) is 15.2 Å². The van der Waals surface area contributed by atoms with E-state index in [1.165, 1.54) is 11.7 Å². The maximum absolute atomic E-state index is 3.62. The molecule has 0 aromatic carbocycles. The van der Waals surface area contributed by atoms with Crippen LogP contribution < -0.4 is 0 Å².